The lowest BCUT2D eigenvalue weighted by atomic mass is 10.1. The second-order valence-corrected chi connectivity index (χ2v) is 8.23. The Morgan fingerprint density at radius 2 is 1.90 bits per heavy atom. The lowest BCUT2D eigenvalue weighted by Crippen LogP contribution is -1.92. The first-order valence-electron chi connectivity index (χ1n) is 8.87. The van der Waals surface area contributed by atoms with Crippen LogP contribution in [0.15, 0.2) is 60.8 Å². The molecular weight excluding hydrogens is 516 g/mol. The number of halogens is 2. The minimum atomic E-state index is -0.0374. The van der Waals surface area contributed by atoms with Crippen molar-refractivity contribution in [2.45, 2.75) is 6.92 Å². The van der Waals surface area contributed by atoms with Crippen LogP contribution in [0, 0.1) is 6.92 Å². The molecule has 8 heteroatoms. The molecule has 3 aromatic carbocycles. The van der Waals surface area contributed by atoms with E-state index in [2.05, 4.69) is 41.8 Å². The highest BCUT2D eigenvalue weighted by Gasteiger charge is 2.15. The number of fused-ring (bicyclic) bond motifs is 1. The number of hydrogen-bond acceptors (Lipinski definition) is 6. The summed E-state index contributed by atoms with van der Waals surface area (Å²) in [6, 6.07) is 12.2. The zero-order valence-electron chi connectivity index (χ0n) is 16.0. The van der Waals surface area contributed by atoms with Crippen LogP contribution < -0.4 is 4.74 Å². The smallest absolute Gasteiger partial charge is 0.231 e. The van der Waals surface area contributed by atoms with Gasteiger partial charge in [-0.25, -0.2) is 4.98 Å². The van der Waals surface area contributed by atoms with Crippen LogP contribution >= 0.6 is 31.9 Å². The summed E-state index contributed by atoms with van der Waals surface area (Å²) in [5, 5.41) is 20.7. The number of phenols is 2. The molecule has 0 spiro atoms. The third-order valence-corrected chi connectivity index (χ3v) is 6.52. The van der Waals surface area contributed by atoms with Gasteiger partial charge >= 0.3 is 0 Å². The van der Waals surface area contributed by atoms with E-state index in [0.717, 1.165) is 5.56 Å². The first kappa shape index (κ1) is 20.4. The van der Waals surface area contributed by atoms with Gasteiger partial charge in [-0.15, -0.1) is 0 Å². The van der Waals surface area contributed by atoms with E-state index < -0.39 is 0 Å². The van der Waals surface area contributed by atoms with E-state index in [1.165, 1.54) is 19.4 Å². The van der Waals surface area contributed by atoms with E-state index in [9.17, 15) is 10.2 Å². The Morgan fingerprint density at radius 1 is 1.10 bits per heavy atom. The number of phenolic OH excluding ortho intramolecular Hbond substituents is 2. The quantitative estimate of drug-likeness (QED) is 0.293. The van der Waals surface area contributed by atoms with Crippen LogP contribution in [0.5, 0.6) is 17.2 Å². The van der Waals surface area contributed by atoms with Crippen LogP contribution in [-0.2, 0) is 0 Å². The molecule has 1 heterocycles. The molecule has 0 saturated carbocycles. The van der Waals surface area contributed by atoms with Crippen molar-refractivity contribution in [3.05, 3.63) is 62.5 Å². The number of nitrogens with zero attached hydrogens (tertiary/aromatic N) is 2. The number of aromatic nitrogens is 1. The maximum absolute atomic E-state index is 10.4. The molecule has 0 fully saturated rings. The molecule has 2 N–H and O–H groups in total. The molecule has 0 radical (unpaired) electrons. The topological polar surface area (TPSA) is 88.1 Å². The summed E-state index contributed by atoms with van der Waals surface area (Å²) in [6.07, 6.45) is 1.51. The molecule has 0 atom stereocenters. The number of aryl methyl sites for hydroxylation is 1. The van der Waals surface area contributed by atoms with Crippen LogP contribution in [0.25, 0.3) is 22.6 Å². The molecule has 0 amide bonds. The van der Waals surface area contributed by atoms with Crippen molar-refractivity contribution in [2.75, 3.05) is 7.11 Å². The highest BCUT2D eigenvalue weighted by atomic mass is 79.9. The van der Waals surface area contributed by atoms with Gasteiger partial charge in [-0.05, 0) is 80.7 Å². The second-order valence-electron chi connectivity index (χ2n) is 6.59. The van der Waals surface area contributed by atoms with Gasteiger partial charge in [-0.1, -0.05) is 6.07 Å². The Labute approximate surface area is 189 Å². The first-order valence-corrected chi connectivity index (χ1v) is 10.5. The number of hydrogen-bond donors (Lipinski definition) is 2. The second kappa shape index (κ2) is 8.12. The molecular formula is C22H16Br2N2O4. The molecule has 0 bridgehead atoms. The van der Waals surface area contributed by atoms with E-state index in [1.807, 2.05) is 25.1 Å². The zero-order valence-corrected chi connectivity index (χ0v) is 19.2. The van der Waals surface area contributed by atoms with Crippen molar-refractivity contribution in [3.8, 4) is 28.7 Å². The molecule has 0 aliphatic carbocycles. The van der Waals surface area contributed by atoms with Gasteiger partial charge in [0.2, 0.25) is 5.89 Å². The van der Waals surface area contributed by atoms with Crippen LogP contribution in [0.4, 0.5) is 5.69 Å². The van der Waals surface area contributed by atoms with Crippen molar-refractivity contribution in [2.24, 2.45) is 4.99 Å². The van der Waals surface area contributed by atoms with Crippen molar-refractivity contribution >= 4 is 54.9 Å². The Hall–Kier alpha value is -2.84. The zero-order chi connectivity index (χ0) is 21.4. The van der Waals surface area contributed by atoms with E-state index >= 15 is 0 Å². The number of rotatable bonds is 4. The lowest BCUT2D eigenvalue weighted by molar-refractivity contribution is 0.372. The largest absolute Gasteiger partial charge is 0.507 e. The van der Waals surface area contributed by atoms with Crippen LogP contribution in [0.3, 0.4) is 0 Å². The fourth-order valence-corrected chi connectivity index (χ4v) is 3.78. The van der Waals surface area contributed by atoms with Gasteiger partial charge in [0.15, 0.2) is 17.1 Å². The number of benzene rings is 3. The molecule has 0 aliphatic heterocycles. The summed E-state index contributed by atoms with van der Waals surface area (Å²) in [6.45, 7) is 1.98. The summed E-state index contributed by atoms with van der Waals surface area (Å²) in [5.41, 5.74) is 3.85. The Balaban J connectivity index is 1.74. The average Bonchev–Trinajstić information content (AvgIpc) is 3.14. The summed E-state index contributed by atoms with van der Waals surface area (Å²) < 4.78 is 12.3. The molecule has 4 aromatic rings. The van der Waals surface area contributed by atoms with Gasteiger partial charge in [0.25, 0.3) is 0 Å². The summed E-state index contributed by atoms with van der Waals surface area (Å²) >= 11 is 6.86. The fraction of sp³-hybridized carbons (Fsp3) is 0.0909. The van der Waals surface area contributed by atoms with Gasteiger partial charge < -0.3 is 19.4 Å². The molecule has 0 aliphatic rings. The van der Waals surface area contributed by atoms with Crippen LogP contribution in [0.1, 0.15) is 11.1 Å². The Bertz CT molecular complexity index is 1300. The maximum atomic E-state index is 10.4. The van der Waals surface area contributed by atoms with Gasteiger partial charge in [-0.3, -0.25) is 4.99 Å². The molecule has 0 unspecified atom stereocenters. The molecule has 152 valence electrons. The molecule has 30 heavy (non-hydrogen) atoms. The van der Waals surface area contributed by atoms with Gasteiger partial charge in [0.1, 0.15) is 11.3 Å². The van der Waals surface area contributed by atoms with Crippen molar-refractivity contribution in [3.63, 3.8) is 0 Å². The first-order chi connectivity index (χ1) is 14.4. The van der Waals surface area contributed by atoms with E-state index in [-0.39, 0.29) is 11.5 Å². The number of oxazole rings is 1. The Kier molecular flexibility index (Phi) is 5.53. The third kappa shape index (κ3) is 3.80. The Morgan fingerprint density at radius 3 is 2.67 bits per heavy atom. The van der Waals surface area contributed by atoms with Crippen molar-refractivity contribution in [1.29, 1.82) is 0 Å². The van der Waals surface area contributed by atoms with Crippen LogP contribution in [-0.4, -0.2) is 28.5 Å². The average molecular weight is 532 g/mol. The predicted octanol–water partition coefficient (Wildman–Crippen LogP) is 6.50. The van der Waals surface area contributed by atoms with Gasteiger partial charge in [0.05, 0.1) is 23.9 Å². The highest BCUT2D eigenvalue weighted by molar-refractivity contribution is 9.13. The monoisotopic (exact) mass is 530 g/mol. The molecule has 6 nitrogen and oxygen atoms in total. The van der Waals surface area contributed by atoms with Crippen LogP contribution in [0.2, 0.25) is 0 Å². The van der Waals surface area contributed by atoms with E-state index in [1.54, 1.807) is 18.2 Å². The van der Waals surface area contributed by atoms with E-state index in [4.69, 9.17) is 9.15 Å². The van der Waals surface area contributed by atoms with Crippen molar-refractivity contribution in [1.82, 2.24) is 4.98 Å². The SMILES string of the molecule is COc1cc(Br)c(Br)c(C=Nc2ccc(O)c(-c3nc4cc(C)ccc4o3)c2)c1O. The highest BCUT2D eigenvalue weighted by Crippen LogP contribution is 2.40. The number of aliphatic imine (C=N–C) groups is 1. The third-order valence-electron chi connectivity index (χ3n) is 4.51. The van der Waals surface area contributed by atoms with Gasteiger partial charge in [0, 0.05) is 15.2 Å². The predicted molar refractivity (Wildman–Crippen MR) is 123 cm³/mol. The molecule has 4 rings (SSSR count). The maximum Gasteiger partial charge on any atom is 0.231 e. The lowest BCUT2D eigenvalue weighted by Gasteiger charge is -2.09. The molecule has 0 saturated heterocycles. The number of methoxy groups -OCH3 is 1. The number of ether oxygens (including phenoxy) is 1. The summed E-state index contributed by atoms with van der Waals surface area (Å²) in [7, 11) is 1.48. The molecule has 1 aromatic heterocycles. The van der Waals surface area contributed by atoms with E-state index in [0.29, 0.717) is 48.5 Å². The standard InChI is InChI=1S/C22H16Br2N2O4/c1-11-3-6-18-16(7-11)26-22(30-18)13-8-12(4-5-17(13)27)25-10-14-20(24)15(23)9-19(29-2)21(14)28/h3-10,27-28H,1-2H3. The van der Waals surface area contributed by atoms with Crippen molar-refractivity contribution < 1.29 is 19.4 Å². The minimum absolute atomic E-state index is 0.0328. The summed E-state index contributed by atoms with van der Waals surface area (Å²) in [5.74, 6) is 0.619. The normalized spacial score (nSPS) is 11.5. The summed E-state index contributed by atoms with van der Waals surface area (Å²) in [4.78, 5) is 8.92. The minimum Gasteiger partial charge on any atom is -0.507 e. The number of aromatic hydroxyl groups is 2. The van der Waals surface area contributed by atoms with Gasteiger partial charge in [-0.2, -0.15) is 0 Å². The fourth-order valence-electron chi connectivity index (χ4n) is 2.95.